The lowest BCUT2D eigenvalue weighted by molar-refractivity contribution is -0.121. The SMILES string of the molecule is CCn1cnnc1CNC(=O)CCCc1nc(-c2ccc(F)cc2)no1. The molecule has 0 saturated heterocycles. The molecule has 1 aromatic carbocycles. The number of hydrogen-bond acceptors (Lipinski definition) is 6. The summed E-state index contributed by atoms with van der Waals surface area (Å²) in [6.45, 7) is 3.09. The van der Waals surface area contributed by atoms with Crippen LogP contribution in [0.4, 0.5) is 4.39 Å². The van der Waals surface area contributed by atoms with Crippen molar-refractivity contribution >= 4 is 5.91 Å². The van der Waals surface area contributed by atoms with E-state index in [0.29, 0.717) is 43.1 Å². The fourth-order valence-electron chi connectivity index (χ4n) is 2.42. The Morgan fingerprint density at radius 1 is 1.31 bits per heavy atom. The first-order chi connectivity index (χ1) is 12.7. The summed E-state index contributed by atoms with van der Waals surface area (Å²) in [7, 11) is 0. The van der Waals surface area contributed by atoms with E-state index in [4.69, 9.17) is 4.52 Å². The van der Waals surface area contributed by atoms with Gasteiger partial charge in [0, 0.05) is 24.9 Å². The summed E-state index contributed by atoms with van der Waals surface area (Å²) in [4.78, 5) is 16.2. The molecule has 0 bridgehead atoms. The van der Waals surface area contributed by atoms with Crippen molar-refractivity contribution in [1.29, 1.82) is 0 Å². The van der Waals surface area contributed by atoms with Crippen LogP contribution < -0.4 is 5.32 Å². The molecule has 0 spiro atoms. The zero-order valence-electron chi connectivity index (χ0n) is 14.4. The summed E-state index contributed by atoms with van der Waals surface area (Å²) in [6.07, 6.45) is 3.05. The van der Waals surface area contributed by atoms with Crippen LogP contribution in [-0.2, 0) is 24.3 Å². The lowest BCUT2D eigenvalue weighted by atomic mass is 10.2. The zero-order chi connectivity index (χ0) is 18.4. The Morgan fingerprint density at radius 2 is 2.12 bits per heavy atom. The largest absolute Gasteiger partial charge is 0.349 e. The molecule has 3 rings (SSSR count). The van der Waals surface area contributed by atoms with E-state index in [1.165, 1.54) is 12.1 Å². The molecule has 2 aromatic heterocycles. The van der Waals surface area contributed by atoms with Crippen molar-refractivity contribution in [3.63, 3.8) is 0 Å². The summed E-state index contributed by atoms with van der Waals surface area (Å²) in [5.74, 6) is 1.18. The Morgan fingerprint density at radius 3 is 2.88 bits per heavy atom. The van der Waals surface area contributed by atoms with Gasteiger partial charge in [-0.3, -0.25) is 4.79 Å². The minimum Gasteiger partial charge on any atom is -0.349 e. The third kappa shape index (κ3) is 4.50. The van der Waals surface area contributed by atoms with Crippen LogP contribution in [0.3, 0.4) is 0 Å². The van der Waals surface area contributed by atoms with Crippen LogP contribution in [0.25, 0.3) is 11.4 Å². The normalized spacial score (nSPS) is 10.8. The molecular weight excluding hydrogens is 339 g/mol. The number of nitrogens with one attached hydrogen (secondary N) is 1. The fourth-order valence-corrected chi connectivity index (χ4v) is 2.42. The summed E-state index contributed by atoms with van der Waals surface area (Å²) in [5, 5.41) is 14.5. The van der Waals surface area contributed by atoms with Crippen LogP contribution in [0.5, 0.6) is 0 Å². The Bertz CT molecular complexity index is 858. The van der Waals surface area contributed by atoms with E-state index >= 15 is 0 Å². The highest BCUT2D eigenvalue weighted by molar-refractivity contribution is 5.75. The van der Waals surface area contributed by atoms with Gasteiger partial charge in [-0.25, -0.2) is 4.39 Å². The second-order valence-electron chi connectivity index (χ2n) is 5.68. The summed E-state index contributed by atoms with van der Waals surface area (Å²) in [5.41, 5.74) is 0.680. The van der Waals surface area contributed by atoms with Crippen molar-refractivity contribution in [3.8, 4) is 11.4 Å². The smallest absolute Gasteiger partial charge is 0.226 e. The molecule has 9 heteroatoms. The van der Waals surface area contributed by atoms with Crippen molar-refractivity contribution in [2.24, 2.45) is 0 Å². The van der Waals surface area contributed by atoms with Gasteiger partial charge in [0.15, 0.2) is 5.82 Å². The highest BCUT2D eigenvalue weighted by atomic mass is 19.1. The van der Waals surface area contributed by atoms with Gasteiger partial charge in [0.1, 0.15) is 12.1 Å². The molecule has 1 N–H and O–H groups in total. The first-order valence-corrected chi connectivity index (χ1v) is 8.37. The van der Waals surface area contributed by atoms with Gasteiger partial charge >= 0.3 is 0 Å². The zero-order valence-corrected chi connectivity index (χ0v) is 14.4. The molecule has 0 radical (unpaired) electrons. The topological polar surface area (TPSA) is 98.7 Å². The van der Waals surface area contributed by atoms with Gasteiger partial charge in [-0.2, -0.15) is 4.98 Å². The monoisotopic (exact) mass is 358 g/mol. The van der Waals surface area contributed by atoms with Gasteiger partial charge in [0.2, 0.25) is 17.6 Å². The first kappa shape index (κ1) is 17.7. The minimum atomic E-state index is -0.319. The number of hydrogen-bond donors (Lipinski definition) is 1. The summed E-state index contributed by atoms with van der Waals surface area (Å²) in [6, 6.07) is 5.86. The second-order valence-corrected chi connectivity index (χ2v) is 5.68. The second kappa shape index (κ2) is 8.32. The van der Waals surface area contributed by atoms with E-state index in [0.717, 1.165) is 12.4 Å². The number of rotatable bonds is 8. The molecular formula is C17H19FN6O2. The summed E-state index contributed by atoms with van der Waals surface area (Å²) >= 11 is 0. The van der Waals surface area contributed by atoms with Gasteiger partial charge in [-0.05, 0) is 37.6 Å². The Hall–Kier alpha value is -3.10. The minimum absolute atomic E-state index is 0.0751. The molecule has 0 aliphatic heterocycles. The molecule has 0 atom stereocenters. The van der Waals surface area contributed by atoms with E-state index < -0.39 is 0 Å². The van der Waals surface area contributed by atoms with Crippen LogP contribution in [0.15, 0.2) is 35.1 Å². The summed E-state index contributed by atoms with van der Waals surface area (Å²) < 4.78 is 20.0. The van der Waals surface area contributed by atoms with Crippen LogP contribution in [-0.4, -0.2) is 30.8 Å². The van der Waals surface area contributed by atoms with E-state index in [2.05, 4.69) is 25.7 Å². The first-order valence-electron chi connectivity index (χ1n) is 8.37. The lowest BCUT2D eigenvalue weighted by Gasteiger charge is -2.05. The van der Waals surface area contributed by atoms with Crippen molar-refractivity contribution in [3.05, 3.63) is 48.1 Å². The number of aryl methyl sites for hydroxylation is 2. The molecule has 0 aliphatic rings. The number of carbonyl (C=O) groups is 1. The Labute approximate surface area is 149 Å². The third-order valence-electron chi connectivity index (χ3n) is 3.85. The quantitative estimate of drug-likeness (QED) is 0.662. The average Bonchev–Trinajstić information content (AvgIpc) is 3.29. The molecule has 1 amide bonds. The van der Waals surface area contributed by atoms with Crippen LogP contribution in [0.2, 0.25) is 0 Å². The molecule has 26 heavy (non-hydrogen) atoms. The number of amides is 1. The maximum absolute atomic E-state index is 12.9. The lowest BCUT2D eigenvalue weighted by Crippen LogP contribution is -2.24. The van der Waals surface area contributed by atoms with Crippen molar-refractivity contribution in [2.45, 2.75) is 39.3 Å². The number of halogens is 1. The molecule has 0 fully saturated rings. The van der Waals surface area contributed by atoms with Gasteiger partial charge in [-0.1, -0.05) is 5.16 Å². The highest BCUT2D eigenvalue weighted by Gasteiger charge is 2.10. The van der Waals surface area contributed by atoms with Gasteiger partial charge in [0.05, 0.1) is 6.54 Å². The highest BCUT2D eigenvalue weighted by Crippen LogP contribution is 2.16. The molecule has 0 unspecified atom stereocenters. The van der Waals surface area contributed by atoms with E-state index in [9.17, 15) is 9.18 Å². The standard InChI is InChI=1S/C17H19FN6O2/c1-2-24-11-20-22-14(24)10-19-15(25)4-3-5-16-21-17(23-26-16)12-6-8-13(18)9-7-12/h6-9,11H,2-5,10H2,1H3,(H,19,25). The van der Waals surface area contributed by atoms with Gasteiger partial charge < -0.3 is 14.4 Å². The van der Waals surface area contributed by atoms with E-state index in [1.807, 2.05) is 11.5 Å². The van der Waals surface area contributed by atoms with E-state index in [1.54, 1.807) is 18.5 Å². The van der Waals surface area contributed by atoms with Crippen molar-refractivity contribution in [1.82, 2.24) is 30.2 Å². The number of aromatic nitrogens is 5. The van der Waals surface area contributed by atoms with Crippen LogP contribution in [0, 0.1) is 5.82 Å². The molecule has 8 nitrogen and oxygen atoms in total. The Kier molecular flexibility index (Phi) is 5.67. The molecule has 136 valence electrons. The van der Waals surface area contributed by atoms with E-state index in [-0.39, 0.29) is 11.7 Å². The number of nitrogens with zero attached hydrogens (tertiary/aromatic N) is 5. The number of carbonyl (C=O) groups excluding carboxylic acids is 1. The average molecular weight is 358 g/mol. The maximum atomic E-state index is 12.9. The van der Waals surface area contributed by atoms with Gasteiger partial charge in [-0.15, -0.1) is 10.2 Å². The third-order valence-corrected chi connectivity index (χ3v) is 3.85. The predicted molar refractivity (Wildman–Crippen MR) is 90.2 cm³/mol. The molecule has 0 aliphatic carbocycles. The fraction of sp³-hybridized carbons (Fsp3) is 0.353. The van der Waals surface area contributed by atoms with Gasteiger partial charge in [0.25, 0.3) is 0 Å². The Balaban J connectivity index is 1.43. The molecule has 2 heterocycles. The maximum Gasteiger partial charge on any atom is 0.226 e. The number of benzene rings is 1. The predicted octanol–water partition coefficient (Wildman–Crippen LogP) is 2.13. The van der Waals surface area contributed by atoms with Crippen molar-refractivity contribution < 1.29 is 13.7 Å². The van der Waals surface area contributed by atoms with Crippen molar-refractivity contribution in [2.75, 3.05) is 0 Å². The molecule has 3 aromatic rings. The molecule has 0 saturated carbocycles. The van der Waals surface area contributed by atoms with Crippen LogP contribution >= 0.6 is 0 Å². The van der Waals surface area contributed by atoms with Crippen LogP contribution in [0.1, 0.15) is 31.5 Å².